The second-order valence-electron chi connectivity index (χ2n) is 8.39. The van der Waals surface area contributed by atoms with Gasteiger partial charge in [-0.15, -0.1) is 0 Å². The number of hydrogen-bond donors (Lipinski definition) is 1. The first-order valence-corrected chi connectivity index (χ1v) is 12.8. The number of amides is 2. The van der Waals surface area contributed by atoms with Gasteiger partial charge in [-0.3, -0.25) is 9.59 Å². The Kier molecular flexibility index (Phi) is 9.32. The Hall–Kier alpha value is -1.93. The average molecular weight is 510 g/mol. The van der Waals surface area contributed by atoms with Crippen LogP contribution in [0.15, 0.2) is 35.5 Å². The molecule has 33 heavy (non-hydrogen) atoms. The van der Waals surface area contributed by atoms with E-state index in [1.54, 1.807) is 24.3 Å². The number of likely N-dealkylation sites (tertiary alicyclic amines) is 1. The Morgan fingerprint density at radius 3 is 2.73 bits per heavy atom. The van der Waals surface area contributed by atoms with Crippen molar-refractivity contribution >= 4 is 46.4 Å². The fourth-order valence-corrected chi connectivity index (χ4v) is 5.53. The molecule has 1 saturated heterocycles. The number of pyridine rings is 1. The van der Waals surface area contributed by atoms with Crippen molar-refractivity contribution in [3.05, 3.63) is 62.5 Å². The molecule has 0 saturated carbocycles. The molecule has 1 aliphatic heterocycles. The van der Waals surface area contributed by atoms with E-state index in [4.69, 9.17) is 23.2 Å². The van der Waals surface area contributed by atoms with Crippen LogP contribution < -0.4 is 5.32 Å². The summed E-state index contributed by atoms with van der Waals surface area (Å²) in [5, 5.41) is 7.46. The SMILES string of the molecule is C=CC(=O)N(Cc1ccsc1)C1CCN([C@H](C)CCNC(=O)c2c(C)cc(Cl)nc2Cl)CC1. The molecule has 1 aliphatic rings. The molecule has 0 aromatic carbocycles. The fraction of sp³-hybridized carbons (Fsp3) is 0.458. The first-order chi connectivity index (χ1) is 15.8. The van der Waals surface area contributed by atoms with Gasteiger partial charge in [-0.2, -0.15) is 11.3 Å². The van der Waals surface area contributed by atoms with Crippen LogP contribution in [-0.2, 0) is 11.3 Å². The first kappa shape index (κ1) is 25.7. The van der Waals surface area contributed by atoms with E-state index in [1.807, 2.05) is 10.3 Å². The van der Waals surface area contributed by atoms with Crippen molar-refractivity contribution in [1.82, 2.24) is 20.1 Å². The number of aromatic nitrogens is 1. The Labute approximate surface area is 209 Å². The molecule has 9 heteroatoms. The maximum absolute atomic E-state index is 12.6. The Morgan fingerprint density at radius 2 is 2.12 bits per heavy atom. The number of nitrogens with one attached hydrogen (secondary N) is 1. The molecule has 1 N–H and O–H groups in total. The van der Waals surface area contributed by atoms with Gasteiger partial charge in [-0.1, -0.05) is 29.8 Å². The number of halogens is 2. The van der Waals surface area contributed by atoms with Crippen molar-refractivity contribution in [2.24, 2.45) is 0 Å². The largest absolute Gasteiger partial charge is 0.352 e. The summed E-state index contributed by atoms with van der Waals surface area (Å²) in [5.74, 6) is -0.249. The minimum Gasteiger partial charge on any atom is -0.352 e. The molecule has 0 unspecified atom stereocenters. The number of nitrogens with zero attached hydrogens (tertiary/aromatic N) is 3. The van der Waals surface area contributed by atoms with Gasteiger partial charge in [0.2, 0.25) is 5.91 Å². The predicted molar refractivity (Wildman–Crippen MR) is 135 cm³/mol. The van der Waals surface area contributed by atoms with Gasteiger partial charge in [-0.05, 0) is 73.2 Å². The summed E-state index contributed by atoms with van der Waals surface area (Å²) in [6.45, 7) is 10.6. The minimum atomic E-state index is -0.236. The Balaban J connectivity index is 1.48. The van der Waals surface area contributed by atoms with Crippen molar-refractivity contribution < 1.29 is 9.59 Å². The lowest BCUT2D eigenvalue weighted by Crippen LogP contribution is -2.49. The van der Waals surface area contributed by atoms with Gasteiger partial charge in [0.15, 0.2) is 0 Å². The number of aryl methyl sites for hydroxylation is 1. The molecule has 0 bridgehead atoms. The van der Waals surface area contributed by atoms with Gasteiger partial charge in [0.05, 0.1) is 5.56 Å². The van der Waals surface area contributed by atoms with Crippen molar-refractivity contribution in [2.75, 3.05) is 19.6 Å². The molecule has 2 aromatic rings. The number of carbonyl (C=O) groups is 2. The van der Waals surface area contributed by atoms with Crippen LogP contribution in [-0.4, -0.2) is 58.3 Å². The van der Waals surface area contributed by atoms with E-state index in [0.29, 0.717) is 30.3 Å². The van der Waals surface area contributed by atoms with Crippen molar-refractivity contribution in [1.29, 1.82) is 0 Å². The van der Waals surface area contributed by atoms with Gasteiger partial charge >= 0.3 is 0 Å². The lowest BCUT2D eigenvalue weighted by molar-refractivity contribution is -0.130. The zero-order valence-corrected chi connectivity index (χ0v) is 21.3. The molecule has 6 nitrogen and oxygen atoms in total. The zero-order chi connectivity index (χ0) is 24.0. The third-order valence-corrected chi connectivity index (χ3v) is 7.37. The van der Waals surface area contributed by atoms with Gasteiger partial charge in [0.25, 0.3) is 5.91 Å². The highest BCUT2D eigenvalue weighted by atomic mass is 35.5. The topological polar surface area (TPSA) is 65.5 Å². The van der Waals surface area contributed by atoms with Crippen molar-refractivity contribution in [3.8, 4) is 0 Å². The number of piperidine rings is 1. The van der Waals surface area contributed by atoms with Crippen LogP contribution in [0.5, 0.6) is 0 Å². The summed E-state index contributed by atoms with van der Waals surface area (Å²) in [4.78, 5) is 33.4. The Bertz CT molecular complexity index is 952. The Morgan fingerprint density at radius 1 is 1.39 bits per heavy atom. The van der Waals surface area contributed by atoms with Gasteiger partial charge in [0.1, 0.15) is 10.3 Å². The molecule has 0 spiro atoms. The van der Waals surface area contributed by atoms with Gasteiger partial charge in [-0.25, -0.2) is 4.98 Å². The molecular weight excluding hydrogens is 479 g/mol. The molecule has 1 atom stereocenters. The van der Waals surface area contributed by atoms with Crippen LogP contribution in [0.25, 0.3) is 0 Å². The monoisotopic (exact) mass is 508 g/mol. The molecule has 178 valence electrons. The fourth-order valence-electron chi connectivity index (χ4n) is 4.26. The second kappa shape index (κ2) is 12.0. The summed E-state index contributed by atoms with van der Waals surface area (Å²) < 4.78 is 0. The smallest absolute Gasteiger partial charge is 0.254 e. The lowest BCUT2D eigenvalue weighted by Gasteiger charge is -2.40. The van der Waals surface area contributed by atoms with Gasteiger partial charge < -0.3 is 15.1 Å². The van der Waals surface area contributed by atoms with Crippen LogP contribution in [0.4, 0.5) is 0 Å². The number of rotatable bonds is 9. The van der Waals surface area contributed by atoms with Crippen LogP contribution in [0.2, 0.25) is 10.3 Å². The molecular formula is C24H30Cl2N4O2S. The lowest BCUT2D eigenvalue weighted by atomic mass is 10.00. The summed E-state index contributed by atoms with van der Waals surface area (Å²) in [6.07, 6.45) is 4.07. The predicted octanol–water partition coefficient (Wildman–Crippen LogP) is 4.95. The van der Waals surface area contributed by atoms with E-state index in [-0.39, 0.29) is 28.2 Å². The standard InChI is InChI=1S/C24H30Cl2N4O2S/c1-4-21(31)30(14-18-8-12-33-15-18)19-6-10-29(11-7-19)17(3)5-9-27-24(32)22-16(2)13-20(25)28-23(22)26/h4,8,12-13,15,17,19H,1,5-7,9-11,14H2,2-3H3,(H,27,32)/t17-/m1/s1. The molecule has 1 fully saturated rings. The highest BCUT2D eigenvalue weighted by Crippen LogP contribution is 2.23. The number of thiophene rings is 1. The normalized spacial score (nSPS) is 15.8. The molecule has 3 heterocycles. The molecule has 0 radical (unpaired) electrons. The maximum atomic E-state index is 12.6. The number of carbonyl (C=O) groups excluding carboxylic acids is 2. The van der Waals surface area contributed by atoms with Crippen LogP contribution >= 0.6 is 34.5 Å². The van der Waals surface area contributed by atoms with Crippen LogP contribution in [0, 0.1) is 6.92 Å². The van der Waals surface area contributed by atoms with E-state index in [1.165, 1.54) is 6.08 Å². The molecule has 2 amide bonds. The quantitative estimate of drug-likeness (QED) is 0.384. The van der Waals surface area contributed by atoms with Crippen molar-refractivity contribution in [3.63, 3.8) is 0 Å². The first-order valence-electron chi connectivity index (χ1n) is 11.1. The third kappa shape index (κ3) is 6.79. The summed E-state index contributed by atoms with van der Waals surface area (Å²) >= 11 is 13.6. The van der Waals surface area contributed by atoms with E-state index >= 15 is 0 Å². The maximum Gasteiger partial charge on any atom is 0.254 e. The zero-order valence-electron chi connectivity index (χ0n) is 19.0. The summed E-state index contributed by atoms with van der Waals surface area (Å²) in [6, 6.07) is 4.22. The average Bonchev–Trinajstić information content (AvgIpc) is 3.29. The molecule has 0 aliphatic carbocycles. The van der Waals surface area contributed by atoms with E-state index < -0.39 is 0 Å². The molecule has 3 rings (SSSR count). The van der Waals surface area contributed by atoms with Crippen LogP contribution in [0.3, 0.4) is 0 Å². The summed E-state index contributed by atoms with van der Waals surface area (Å²) in [5.41, 5.74) is 2.23. The van der Waals surface area contributed by atoms with E-state index in [9.17, 15) is 9.59 Å². The minimum absolute atomic E-state index is 0.0129. The third-order valence-electron chi connectivity index (χ3n) is 6.17. The number of hydrogen-bond acceptors (Lipinski definition) is 5. The molecule has 2 aromatic heterocycles. The van der Waals surface area contributed by atoms with E-state index in [2.05, 4.69) is 40.1 Å². The van der Waals surface area contributed by atoms with Gasteiger partial charge in [0, 0.05) is 38.3 Å². The highest BCUT2D eigenvalue weighted by molar-refractivity contribution is 7.07. The summed E-state index contributed by atoms with van der Waals surface area (Å²) in [7, 11) is 0. The highest BCUT2D eigenvalue weighted by Gasteiger charge is 2.29. The van der Waals surface area contributed by atoms with E-state index in [0.717, 1.165) is 37.9 Å². The van der Waals surface area contributed by atoms with Crippen LogP contribution in [0.1, 0.15) is 47.7 Å². The second-order valence-corrected chi connectivity index (χ2v) is 9.92. The van der Waals surface area contributed by atoms with Crippen molar-refractivity contribution in [2.45, 2.75) is 51.7 Å².